The first kappa shape index (κ1) is 10.6. The van der Waals surface area contributed by atoms with Gasteiger partial charge in [-0.2, -0.15) is 0 Å². The summed E-state index contributed by atoms with van der Waals surface area (Å²) < 4.78 is 7.43. The Morgan fingerprint density at radius 2 is 2.27 bits per heavy atom. The second kappa shape index (κ2) is 5.25. The molecule has 0 radical (unpaired) electrons. The number of hydrazine groups is 1. The summed E-state index contributed by atoms with van der Waals surface area (Å²) in [6.07, 6.45) is 3.86. The molecule has 0 aliphatic carbocycles. The van der Waals surface area contributed by atoms with Gasteiger partial charge in [-0.25, -0.2) is 15.4 Å². The molecule has 5 nitrogen and oxygen atoms in total. The molecule has 0 bridgehead atoms. The molecule has 2 rings (SSSR count). The number of ether oxygens (including phenoxy) is 1. The van der Waals surface area contributed by atoms with Gasteiger partial charge in [0.1, 0.15) is 5.82 Å². The third-order valence-corrected chi connectivity index (χ3v) is 2.61. The van der Waals surface area contributed by atoms with Crippen molar-refractivity contribution in [3.63, 3.8) is 0 Å². The van der Waals surface area contributed by atoms with Gasteiger partial charge in [0.2, 0.25) is 0 Å². The highest BCUT2D eigenvalue weighted by Gasteiger charge is 2.10. The lowest BCUT2D eigenvalue weighted by molar-refractivity contribution is 0.00994. The summed E-state index contributed by atoms with van der Waals surface area (Å²) in [5.74, 6) is 1.09. The van der Waals surface area contributed by atoms with Gasteiger partial charge in [0.15, 0.2) is 0 Å². The minimum Gasteiger partial charge on any atom is -0.379 e. The monoisotopic (exact) mass is 210 g/mol. The Morgan fingerprint density at radius 1 is 1.47 bits per heavy atom. The molecule has 1 N–H and O–H groups in total. The maximum atomic E-state index is 5.28. The number of aryl methyl sites for hydroxylation is 1. The van der Waals surface area contributed by atoms with Crippen LogP contribution < -0.4 is 5.43 Å². The highest BCUT2D eigenvalue weighted by molar-refractivity contribution is 4.91. The van der Waals surface area contributed by atoms with E-state index in [0.717, 1.165) is 45.2 Å². The fourth-order valence-electron chi connectivity index (χ4n) is 1.70. The van der Waals surface area contributed by atoms with Crippen LogP contribution in [0.3, 0.4) is 0 Å². The molecule has 1 aromatic heterocycles. The highest BCUT2D eigenvalue weighted by Crippen LogP contribution is 1.98. The summed E-state index contributed by atoms with van der Waals surface area (Å²) in [5.41, 5.74) is 3.37. The molecule has 15 heavy (non-hydrogen) atoms. The molecule has 0 amide bonds. The van der Waals surface area contributed by atoms with E-state index in [1.54, 1.807) is 0 Å². The van der Waals surface area contributed by atoms with Gasteiger partial charge in [-0.3, -0.25) is 0 Å². The van der Waals surface area contributed by atoms with Crippen LogP contribution in [0.25, 0.3) is 0 Å². The normalized spacial score (nSPS) is 18.2. The van der Waals surface area contributed by atoms with Gasteiger partial charge < -0.3 is 9.30 Å². The van der Waals surface area contributed by atoms with Crippen molar-refractivity contribution in [1.29, 1.82) is 0 Å². The molecule has 84 valence electrons. The van der Waals surface area contributed by atoms with Gasteiger partial charge in [-0.05, 0) is 6.92 Å². The zero-order chi connectivity index (χ0) is 10.5. The summed E-state index contributed by atoms with van der Waals surface area (Å²) in [7, 11) is 0. The molecule has 0 unspecified atom stereocenters. The van der Waals surface area contributed by atoms with Crippen LogP contribution in [0.4, 0.5) is 0 Å². The fraction of sp³-hybridized carbons (Fsp3) is 0.700. The van der Waals surface area contributed by atoms with Crippen LogP contribution in [0.2, 0.25) is 0 Å². The Labute approximate surface area is 90.0 Å². The van der Waals surface area contributed by atoms with Crippen molar-refractivity contribution in [2.75, 3.05) is 26.3 Å². The van der Waals surface area contributed by atoms with E-state index in [4.69, 9.17) is 4.74 Å². The Hall–Kier alpha value is -0.910. The van der Waals surface area contributed by atoms with Crippen LogP contribution in [0.15, 0.2) is 12.4 Å². The van der Waals surface area contributed by atoms with E-state index >= 15 is 0 Å². The molecule has 0 atom stereocenters. The van der Waals surface area contributed by atoms with E-state index in [1.807, 2.05) is 12.4 Å². The molecule has 1 saturated heterocycles. The number of hydrogen-bond donors (Lipinski definition) is 1. The zero-order valence-corrected chi connectivity index (χ0v) is 9.15. The first-order valence-corrected chi connectivity index (χ1v) is 5.46. The third-order valence-electron chi connectivity index (χ3n) is 2.61. The minimum absolute atomic E-state index is 0.792. The van der Waals surface area contributed by atoms with Crippen LogP contribution in [0.5, 0.6) is 0 Å². The Kier molecular flexibility index (Phi) is 3.71. The van der Waals surface area contributed by atoms with Crippen molar-refractivity contribution >= 4 is 0 Å². The van der Waals surface area contributed by atoms with Crippen molar-refractivity contribution in [1.82, 2.24) is 20.0 Å². The molecular formula is C10H18N4O. The second-order valence-electron chi connectivity index (χ2n) is 3.56. The maximum Gasteiger partial charge on any atom is 0.124 e. The third kappa shape index (κ3) is 2.77. The molecule has 1 aromatic rings. The van der Waals surface area contributed by atoms with Crippen molar-refractivity contribution in [3.05, 3.63) is 18.2 Å². The van der Waals surface area contributed by atoms with Gasteiger partial charge in [0.05, 0.1) is 19.8 Å². The van der Waals surface area contributed by atoms with Crippen molar-refractivity contribution in [2.24, 2.45) is 0 Å². The molecule has 5 heteroatoms. The first-order chi connectivity index (χ1) is 7.40. The molecular weight excluding hydrogens is 192 g/mol. The maximum absolute atomic E-state index is 5.28. The first-order valence-electron chi connectivity index (χ1n) is 5.46. The van der Waals surface area contributed by atoms with E-state index in [2.05, 4.69) is 26.9 Å². The number of nitrogens with one attached hydrogen (secondary N) is 1. The second-order valence-corrected chi connectivity index (χ2v) is 3.56. The van der Waals surface area contributed by atoms with Gasteiger partial charge in [-0.1, -0.05) is 0 Å². The lowest BCUT2D eigenvalue weighted by Crippen LogP contribution is -2.45. The van der Waals surface area contributed by atoms with Gasteiger partial charge in [0, 0.05) is 32.0 Å². The average Bonchev–Trinajstić information content (AvgIpc) is 2.75. The van der Waals surface area contributed by atoms with E-state index in [1.165, 1.54) is 0 Å². The molecule has 1 aliphatic heterocycles. The topological polar surface area (TPSA) is 42.3 Å². The van der Waals surface area contributed by atoms with Crippen molar-refractivity contribution < 1.29 is 4.74 Å². The van der Waals surface area contributed by atoms with E-state index < -0.39 is 0 Å². The number of rotatable bonds is 4. The van der Waals surface area contributed by atoms with Gasteiger partial charge in [-0.15, -0.1) is 0 Å². The van der Waals surface area contributed by atoms with E-state index in [-0.39, 0.29) is 0 Å². The number of hydrogen-bond acceptors (Lipinski definition) is 4. The number of aromatic nitrogens is 2. The van der Waals surface area contributed by atoms with Gasteiger partial charge in [0.25, 0.3) is 0 Å². The largest absolute Gasteiger partial charge is 0.379 e. The van der Waals surface area contributed by atoms with Crippen molar-refractivity contribution in [2.45, 2.75) is 20.0 Å². The Balaban J connectivity index is 1.81. The fourth-order valence-corrected chi connectivity index (χ4v) is 1.70. The zero-order valence-electron chi connectivity index (χ0n) is 9.15. The summed E-state index contributed by atoms with van der Waals surface area (Å²) in [4.78, 5) is 4.31. The molecule has 1 aliphatic rings. The Bertz CT molecular complexity index is 293. The molecule has 2 heterocycles. The lowest BCUT2D eigenvalue weighted by Gasteiger charge is -2.27. The van der Waals surface area contributed by atoms with Crippen LogP contribution >= 0.6 is 0 Å². The summed E-state index contributed by atoms with van der Waals surface area (Å²) in [5, 5.41) is 2.19. The lowest BCUT2D eigenvalue weighted by atomic mass is 10.5. The van der Waals surface area contributed by atoms with E-state index in [0.29, 0.717) is 0 Å². The molecule has 0 aromatic carbocycles. The van der Waals surface area contributed by atoms with Crippen LogP contribution in [-0.2, 0) is 17.8 Å². The summed E-state index contributed by atoms with van der Waals surface area (Å²) in [6.45, 7) is 7.42. The average molecular weight is 210 g/mol. The van der Waals surface area contributed by atoms with E-state index in [9.17, 15) is 0 Å². The summed E-state index contributed by atoms with van der Waals surface area (Å²) in [6, 6.07) is 0. The minimum atomic E-state index is 0.792. The van der Waals surface area contributed by atoms with Crippen molar-refractivity contribution in [3.8, 4) is 0 Å². The smallest absolute Gasteiger partial charge is 0.124 e. The Morgan fingerprint density at radius 3 is 3.00 bits per heavy atom. The quantitative estimate of drug-likeness (QED) is 0.773. The SMILES string of the molecule is CCn1ccnc1CNN1CCOCC1. The number of nitrogens with zero attached hydrogens (tertiary/aromatic N) is 3. The summed E-state index contributed by atoms with van der Waals surface area (Å²) >= 11 is 0. The van der Waals surface area contributed by atoms with Gasteiger partial charge >= 0.3 is 0 Å². The van der Waals surface area contributed by atoms with Crippen LogP contribution in [-0.4, -0.2) is 40.9 Å². The highest BCUT2D eigenvalue weighted by atomic mass is 16.5. The standard InChI is InChI=1S/C10H18N4O/c1-2-13-4-3-11-10(13)9-12-14-5-7-15-8-6-14/h3-4,12H,2,5-9H2,1H3. The number of morpholine rings is 1. The van der Waals surface area contributed by atoms with Crippen LogP contribution in [0.1, 0.15) is 12.7 Å². The molecule has 1 fully saturated rings. The predicted molar refractivity (Wildman–Crippen MR) is 57.1 cm³/mol. The number of imidazole rings is 1. The van der Waals surface area contributed by atoms with Crippen LogP contribution in [0, 0.1) is 0 Å². The molecule has 0 spiro atoms. The molecule has 0 saturated carbocycles. The predicted octanol–water partition coefficient (Wildman–Crippen LogP) is 0.240.